The smallest absolute Gasteiger partial charge is 0.0468 e. The van der Waals surface area contributed by atoms with Crippen molar-refractivity contribution in [3.05, 3.63) is 176 Å². The molecule has 0 atom stereocenters. The number of hydrogen-bond acceptors (Lipinski definition) is 1. The van der Waals surface area contributed by atoms with Crippen molar-refractivity contribution >= 4 is 70.9 Å². The molecule has 9 aromatic carbocycles. The molecule has 0 saturated carbocycles. The first-order valence-electron chi connectivity index (χ1n) is 15.5. The zero-order valence-corrected chi connectivity index (χ0v) is 24.7. The molecule has 0 N–H and O–H groups in total. The van der Waals surface area contributed by atoms with Crippen molar-refractivity contribution in [3.8, 4) is 11.1 Å². The summed E-state index contributed by atoms with van der Waals surface area (Å²) < 4.78 is 0. The molecular weight excluding hydrogens is 542 g/mol. The first-order chi connectivity index (χ1) is 22.3. The molecule has 0 spiro atoms. The van der Waals surface area contributed by atoms with Gasteiger partial charge in [0.15, 0.2) is 0 Å². The summed E-state index contributed by atoms with van der Waals surface area (Å²) in [5, 5.41) is 12.6. The van der Waals surface area contributed by atoms with Crippen LogP contribution < -0.4 is 4.90 Å². The van der Waals surface area contributed by atoms with Crippen LogP contribution in [0.4, 0.5) is 17.1 Å². The van der Waals surface area contributed by atoms with Crippen molar-refractivity contribution in [1.29, 1.82) is 0 Å². The van der Waals surface area contributed by atoms with Gasteiger partial charge in [0, 0.05) is 17.1 Å². The van der Waals surface area contributed by atoms with Gasteiger partial charge in [0.05, 0.1) is 0 Å². The Morgan fingerprint density at radius 3 is 1.49 bits per heavy atom. The van der Waals surface area contributed by atoms with Crippen LogP contribution >= 0.6 is 0 Å². The summed E-state index contributed by atoms with van der Waals surface area (Å²) in [4.78, 5) is 2.41. The molecule has 0 aliphatic carbocycles. The SMILES string of the molecule is c1ccc(-c2cccc(N(c3ccc4ccc5ccccc5c4c3)c3ccc4ccc5ccc6ccccc6c5c4c3)c2)cc1. The highest BCUT2D eigenvalue weighted by molar-refractivity contribution is 6.21. The lowest BCUT2D eigenvalue weighted by molar-refractivity contribution is 1.30. The molecular formula is C44H29N. The second kappa shape index (κ2) is 10.4. The Hall–Kier alpha value is -5.92. The van der Waals surface area contributed by atoms with E-state index in [1.807, 2.05) is 0 Å². The Labute approximate surface area is 262 Å². The van der Waals surface area contributed by atoms with Gasteiger partial charge in [-0.05, 0) is 101 Å². The highest BCUT2D eigenvalue weighted by Crippen LogP contribution is 2.41. The van der Waals surface area contributed by atoms with Gasteiger partial charge in [-0.2, -0.15) is 0 Å². The minimum atomic E-state index is 1.13. The van der Waals surface area contributed by atoms with Crippen molar-refractivity contribution in [2.75, 3.05) is 4.90 Å². The number of anilines is 3. The molecule has 0 saturated heterocycles. The maximum absolute atomic E-state index is 2.41. The van der Waals surface area contributed by atoms with E-state index in [0.717, 1.165) is 17.1 Å². The van der Waals surface area contributed by atoms with E-state index < -0.39 is 0 Å². The zero-order chi connectivity index (χ0) is 29.7. The van der Waals surface area contributed by atoms with E-state index in [2.05, 4.69) is 181 Å². The second-order valence-corrected chi connectivity index (χ2v) is 11.8. The quantitative estimate of drug-likeness (QED) is 0.190. The Kier molecular flexibility index (Phi) is 5.89. The molecule has 0 radical (unpaired) electrons. The van der Waals surface area contributed by atoms with Crippen LogP contribution in [0.5, 0.6) is 0 Å². The molecule has 0 aliphatic heterocycles. The van der Waals surface area contributed by atoms with Gasteiger partial charge in [-0.25, -0.2) is 0 Å². The molecule has 1 heteroatoms. The van der Waals surface area contributed by atoms with Gasteiger partial charge >= 0.3 is 0 Å². The first kappa shape index (κ1) is 25.6. The van der Waals surface area contributed by atoms with Gasteiger partial charge in [0.1, 0.15) is 0 Å². The van der Waals surface area contributed by atoms with Crippen LogP contribution in [0.3, 0.4) is 0 Å². The van der Waals surface area contributed by atoms with Gasteiger partial charge in [0.25, 0.3) is 0 Å². The number of hydrogen-bond donors (Lipinski definition) is 0. The molecule has 0 bridgehead atoms. The largest absolute Gasteiger partial charge is 0.310 e. The van der Waals surface area contributed by atoms with Crippen molar-refractivity contribution in [3.63, 3.8) is 0 Å². The molecule has 9 rings (SSSR count). The fourth-order valence-electron chi connectivity index (χ4n) is 6.98. The Balaban J connectivity index is 1.32. The lowest BCUT2D eigenvalue weighted by atomic mass is 9.95. The summed E-state index contributed by atoms with van der Waals surface area (Å²) >= 11 is 0. The van der Waals surface area contributed by atoms with Crippen molar-refractivity contribution in [2.45, 2.75) is 0 Å². The van der Waals surface area contributed by atoms with Crippen LogP contribution in [-0.4, -0.2) is 0 Å². The third-order valence-electron chi connectivity index (χ3n) is 9.17. The predicted octanol–water partition coefficient (Wildman–Crippen LogP) is 12.6. The van der Waals surface area contributed by atoms with Gasteiger partial charge < -0.3 is 4.90 Å². The Bertz CT molecular complexity index is 2540. The van der Waals surface area contributed by atoms with E-state index in [9.17, 15) is 0 Å². The summed E-state index contributed by atoms with van der Waals surface area (Å²) in [5.41, 5.74) is 5.79. The molecule has 0 amide bonds. The summed E-state index contributed by atoms with van der Waals surface area (Å²) in [6, 6.07) is 64.2. The molecule has 0 aromatic heterocycles. The topological polar surface area (TPSA) is 3.24 Å². The molecule has 210 valence electrons. The van der Waals surface area contributed by atoms with Crippen molar-refractivity contribution in [1.82, 2.24) is 0 Å². The van der Waals surface area contributed by atoms with Gasteiger partial charge in [-0.15, -0.1) is 0 Å². The highest BCUT2D eigenvalue weighted by Gasteiger charge is 2.16. The molecule has 0 unspecified atom stereocenters. The maximum atomic E-state index is 2.41. The van der Waals surface area contributed by atoms with Crippen molar-refractivity contribution < 1.29 is 0 Å². The van der Waals surface area contributed by atoms with E-state index in [-0.39, 0.29) is 0 Å². The van der Waals surface area contributed by atoms with Crippen LogP contribution in [-0.2, 0) is 0 Å². The van der Waals surface area contributed by atoms with Crippen molar-refractivity contribution in [2.24, 2.45) is 0 Å². The summed E-state index contributed by atoms with van der Waals surface area (Å²) in [6.45, 7) is 0. The van der Waals surface area contributed by atoms with E-state index >= 15 is 0 Å². The highest BCUT2D eigenvalue weighted by atomic mass is 15.1. The van der Waals surface area contributed by atoms with Gasteiger partial charge in [0.2, 0.25) is 0 Å². The van der Waals surface area contributed by atoms with Crippen LogP contribution in [0.2, 0.25) is 0 Å². The number of fused-ring (bicyclic) bond motifs is 8. The van der Waals surface area contributed by atoms with E-state index in [1.165, 1.54) is 65.0 Å². The number of benzene rings is 9. The molecule has 0 aliphatic rings. The van der Waals surface area contributed by atoms with Crippen LogP contribution in [0, 0.1) is 0 Å². The van der Waals surface area contributed by atoms with Crippen LogP contribution in [0.25, 0.3) is 65.0 Å². The number of rotatable bonds is 4. The minimum Gasteiger partial charge on any atom is -0.310 e. The number of nitrogens with zero attached hydrogens (tertiary/aromatic N) is 1. The Morgan fingerprint density at radius 2 is 0.756 bits per heavy atom. The summed E-state index contributed by atoms with van der Waals surface area (Å²) in [6.07, 6.45) is 0. The molecule has 45 heavy (non-hydrogen) atoms. The standard InChI is InChI=1S/C44H29N/c1-2-9-30(10-3-1)36-13-8-14-37(27-36)45(38-25-23-33-18-17-31-11-4-6-15-40(31)42(33)28-38)39-26-24-34-20-22-35-21-19-32-12-5-7-16-41(32)44(35)43(34)29-39/h1-29H. The molecule has 0 heterocycles. The van der Waals surface area contributed by atoms with E-state index in [1.54, 1.807) is 0 Å². The monoisotopic (exact) mass is 571 g/mol. The average Bonchev–Trinajstić information content (AvgIpc) is 3.12. The summed E-state index contributed by atoms with van der Waals surface area (Å²) in [7, 11) is 0. The lowest BCUT2D eigenvalue weighted by Gasteiger charge is -2.27. The summed E-state index contributed by atoms with van der Waals surface area (Å²) in [5.74, 6) is 0. The Morgan fingerprint density at radius 1 is 0.267 bits per heavy atom. The predicted molar refractivity (Wildman–Crippen MR) is 194 cm³/mol. The lowest BCUT2D eigenvalue weighted by Crippen LogP contribution is -2.10. The fourth-order valence-corrected chi connectivity index (χ4v) is 6.98. The maximum Gasteiger partial charge on any atom is 0.0468 e. The van der Waals surface area contributed by atoms with Gasteiger partial charge in [-0.1, -0.05) is 140 Å². The minimum absolute atomic E-state index is 1.13. The van der Waals surface area contributed by atoms with Gasteiger partial charge in [-0.3, -0.25) is 0 Å². The zero-order valence-electron chi connectivity index (χ0n) is 24.7. The fraction of sp³-hybridized carbons (Fsp3) is 0. The molecule has 9 aromatic rings. The van der Waals surface area contributed by atoms with Crippen LogP contribution in [0.1, 0.15) is 0 Å². The third kappa shape index (κ3) is 4.32. The average molecular weight is 572 g/mol. The van der Waals surface area contributed by atoms with E-state index in [4.69, 9.17) is 0 Å². The third-order valence-corrected chi connectivity index (χ3v) is 9.17. The second-order valence-electron chi connectivity index (χ2n) is 11.8. The van der Waals surface area contributed by atoms with E-state index in [0.29, 0.717) is 0 Å². The molecule has 1 nitrogen and oxygen atoms in total. The molecule has 0 fully saturated rings. The normalized spacial score (nSPS) is 11.6. The first-order valence-corrected chi connectivity index (χ1v) is 15.5. The van der Waals surface area contributed by atoms with Crippen LogP contribution in [0.15, 0.2) is 176 Å².